The number of aromatic carboxylic acids is 1. The van der Waals surface area contributed by atoms with E-state index in [2.05, 4.69) is 6.92 Å². The first-order valence-electron chi connectivity index (χ1n) is 5.62. The lowest BCUT2D eigenvalue weighted by Gasteiger charge is -2.14. The van der Waals surface area contributed by atoms with Crippen LogP contribution in [0.1, 0.15) is 35.7 Å². The summed E-state index contributed by atoms with van der Waals surface area (Å²) in [6, 6.07) is 3.19. The van der Waals surface area contributed by atoms with E-state index in [-0.39, 0.29) is 5.56 Å². The molecule has 4 nitrogen and oxygen atoms in total. The summed E-state index contributed by atoms with van der Waals surface area (Å²) in [5.41, 5.74) is 0.998. The third kappa shape index (κ3) is 2.90. The van der Waals surface area contributed by atoms with E-state index in [1.807, 2.05) is 0 Å². The summed E-state index contributed by atoms with van der Waals surface area (Å²) in [4.78, 5) is 11.2. The van der Waals surface area contributed by atoms with Gasteiger partial charge in [-0.3, -0.25) is 0 Å². The van der Waals surface area contributed by atoms with Gasteiger partial charge in [-0.2, -0.15) is 0 Å². The molecule has 0 aromatic heterocycles. The molecule has 4 heteroatoms. The summed E-state index contributed by atoms with van der Waals surface area (Å²) in [6.07, 6.45) is 2.60. The Labute approximate surface area is 101 Å². The number of carboxylic acids is 1. The number of carbonyl (C=O) groups is 1. The number of carboxylic acid groups (broad SMARTS) is 1. The minimum absolute atomic E-state index is 0.288. The van der Waals surface area contributed by atoms with Crippen molar-refractivity contribution in [2.24, 2.45) is 0 Å². The van der Waals surface area contributed by atoms with Crippen LogP contribution in [0.3, 0.4) is 0 Å². The first-order valence-corrected chi connectivity index (χ1v) is 5.62. The summed E-state index contributed by atoms with van der Waals surface area (Å²) < 4.78 is 10.4. The van der Waals surface area contributed by atoms with E-state index in [0.29, 0.717) is 23.5 Å². The third-order valence-corrected chi connectivity index (χ3v) is 2.66. The maximum atomic E-state index is 11.2. The van der Waals surface area contributed by atoms with Gasteiger partial charge in [-0.15, -0.1) is 0 Å². The second-order valence-corrected chi connectivity index (χ2v) is 3.74. The summed E-state index contributed by atoms with van der Waals surface area (Å²) in [5.74, 6) is 0.168. The molecule has 0 spiro atoms. The Bertz CT molecular complexity index is 399. The second kappa shape index (κ2) is 6.13. The number of rotatable bonds is 6. The Kier molecular flexibility index (Phi) is 4.82. The molecule has 0 saturated heterocycles. The van der Waals surface area contributed by atoms with E-state index < -0.39 is 5.97 Å². The van der Waals surface area contributed by atoms with Crippen molar-refractivity contribution in [2.75, 3.05) is 14.2 Å². The number of unbranched alkanes of at least 4 members (excludes halogenated alkanes) is 1. The van der Waals surface area contributed by atoms with Crippen LogP contribution in [-0.4, -0.2) is 25.3 Å². The lowest BCUT2D eigenvalue weighted by molar-refractivity contribution is 0.0695. The smallest absolute Gasteiger partial charge is 0.336 e. The van der Waals surface area contributed by atoms with Crippen molar-refractivity contribution in [3.63, 3.8) is 0 Å². The molecule has 17 heavy (non-hydrogen) atoms. The van der Waals surface area contributed by atoms with Crippen LogP contribution >= 0.6 is 0 Å². The third-order valence-electron chi connectivity index (χ3n) is 2.66. The highest BCUT2D eigenvalue weighted by Crippen LogP contribution is 2.34. The fraction of sp³-hybridized carbons (Fsp3) is 0.462. The molecule has 0 saturated carbocycles. The fourth-order valence-corrected chi connectivity index (χ4v) is 1.79. The van der Waals surface area contributed by atoms with Gasteiger partial charge in [0.15, 0.2) is 11.5 Å². The van der Waals surface area contributed by atoms with Gasteiger partial charge >= 0.3 is 5.97 Å². The number of ether oxygens (including phenoxy) is 2. The minimum atomic E-state index is -0.933. The number of hydrogen-bond acceptors (Lipinski definition) is 3. The summed E-state index contributed by atoms with van der Waals surface area (Å²) in [7, 11) is 3.07. The molecule has 1 aromatic carbocycles. The van der Waals surface area contributed by atoms with Crippen molar-refractivity contribution in [3.8, 4) is 11.5 Å². The lowest BCUT2D eigenvalue weighted by Crippen LogP contribution is -2.06. The van der Waals surface area contributed by atoms with E-state index in [9.17, 15) is 4.79 Å². The average molecular weight is 238 g/mol. The van der Waals surface area contributed by atoms with Gasteiger partial charge in [-0.1, -0.05) is 13.3 Å². The minimum Gasteiger partial charge on any atom is -0.493 e. The molecular weight excluding hydrogens is 220 g/mol. The number of methoxy groups -OCH3 is 2. The topological polar surface area (TPSA) is 55.8 Å². The number of hydrogen-bond donors (Lipinski definition) is 1. The van der Waals surface area contributed by atoms with Gasteiger partial charge < -0.3 is 14.6 Å². The average Bonchev–Trinajstić information content (AvgIpc) is 2.34. The maximum Gasteiger partial charge on any atom is 0.336 e. The van der Waals surface area contributed by atoms with E-state index in [4.69, 9.17) is 14.6 Å². The largest absolute Gasteiger partial charge is 0.493 e. The summed E-state index contributed by atoms with van der Waals surface area (Å²) >= 11 is 0. The molecule has 0 amide bonds. The van der Waals surface area contributed by atoms with Gasteiger partial charge in [-0.25, -0.2) is 4.79 Å². The Morgan fingerprint density at radius 3 is 2.47 bits per heavy atom. The van der Waals surface area contributed by atoms with Crippen LogP contribution < -0.4 is 9.47 Å². The van der Waals surface area contributed by atoms with Crippen molar-refractivity contribution in [2.45, 2.75) is 26.2 Å². The van der Waals surface area contributed by atoms with E-state index in [1.165, 1.54) is 7.11 Å². The molecule has 0 fully saturated rings. The first-order chi connectivity index (χ1) is 8.15. The van der Waals surface area contributed by atoms with Crippen LogP contribution in [0.4, 0.5) is 0 Å². The molecule has 1 rings (SSSR count). The molecule has 1 aromatic rings. The van der Waals surface area contributed by atoms with Crippen molar-refractivity contribution >= 4 is 5.97 Å². The van der Waals surface area contributed by atoms with Crippen molar-refractivity contribution < 1.29 is 19.4 Å². The molecule has 0 radical (unpaired) electrons. The SMILES string of the molecule is CCCCc1c(C(=O)O)ccc(OC)c1OC. The second-order valence-electron chi connectivity index (χ2n) is 3.74. The summed E-state index contributed by atoms with van der Waals surface area (Å²) in [5, 5.41) is 9.15. The highest BCUT2D eigenvalue weighted by Gasteiger charge is 2.18. The fourth-order valence-electron chi connectivity index (χ4n) is 1.79. The van der Waals surface area contributed by atoms with Crippen molar-refractivity contribution in [1.82, 2.24) is 0 Å². The molecule has 1 N–H and O–H groups in total. The van der Waals surface area contributed by atoms with Gasteiger partial charge in [0.2, 0.25) is 0 Å². The lowest BCUT2D eigenvalue weighted by atomic mass is 10.00. The van der Waals surface area contributed by atoms with E-state index in [0.717, 1.165) is 12.8 Å². The standard InChI is InChI=1S/C13H18O4/c1-4-5-6-9-10(13(14)15)7-8-11(16-2)12(9)17-3/h7-8H,4-6H2,1-3H3,(H,14,15). The Morgan fingerprint density at radius 2 is 2.00 bits per heavy atom. The molecule has 0 atom stereocenters. The molecule has 94 valence electrons. The molecule has 0 aliphatic carbocycles. The number of benzene rings is 1. The van der Waals surface area contributed by atoms with Crippen molar-refractivity contribution in [1.29, 1.82) is 0 Å². The predicted octanol–water partition coefficient (Wildman–Crippen LogP) is 2.74. The zero-order valence-electron chi connectivity index (χ0n) is 10.4. The Balaban J connectivity index is 3.28. The molecule has 0 heterocycles. The summed E-state index contributed by atoms with van der Waals surface area (Å²) in [6.45, 7) is 2.06. The van der Waals surface area contributed by atoms with E-state index in [1.54, 1.807) is 19.2 Å². The van der Waals surface area contributed by atoms with Gasteiger partial charge in [0.05, 0.1) is 19.8 Å². The Morgan fingerprint density at radius 1 is 1.29 bits per heavy atom. The quantitative estimate of drug-likeness (QED) is 0.828. The molecular formula is C13H18O4. The zero-order chi connectivity index (χ0) is 12.8. The predicted molar refractivity (Wildman–Crippen MR) is 65.1 cm³/mol. The highest BCUT2D eigenvalue weighted by molar-refractivity contribution is 5.90. The Hall–Kier alpha value is -1.71. The van der Waals surface area contributed by atoms with Crippen LogP contribution in [0.5, 0.6) is 11.5 Å². The molecule has 0 unspecified atom stereocenters. The van der Waals surface area contributed by atoms with Gasteiger partial charge in [0, 0.05) is 5.56 Å². The van der Waals surface area contributed by atoms with E-state index >= 15 is 0 Å². The molecule has 0 aliphatic heterocycles. The monoisotopic (exact) mass is 238 g/mol. The maximum absolute atomic E-state index is 11.2. The van der Waals surface area contributed by atoms with Crippen LogP contribution in [0.25, 0.3) is 0 Å². The van der Waals surface area contributed by atoms with Crippen LogP contribution in [-0.2, 0) is 6.42 Å². The normalized spacial score (nSPS) is 10.1. The van der Waals surface area contributed by atoms with Gasteiger partial charge in [0.1, 0.15) is 0 Å². The highest BCUT2D eigenvalue weighted by atomic mass is 16.5. The zero-order valence-corrected chi connectivity index (χ0v) is 10.4. The van der Waals surface area contributed by atoms with Crippen LogP contribution in [0.2, 0.25) is 0 Å². The van der Waals surface area contributed by atoms with Gasteiger partial charge in [-0.05, 0) is 25.0 Å². The van der Waals surface area contributed by atoms with Crippen LogP contribution in [0.15, 0.2) is 12.1 Å². The van der Waals surface area contributed by atoms with Crippen LogP contribution in [0, 0.1) is 0 Å². The molecule has 0 bridgehead atoms. The molecule has 0 aliphatic rings. The van der Waals surface area contributed by atoms with Gasteiger partial charge in [0.25, 0.3) is 0 Å². The first kappa shape index (κ1) is 13.4. The van der Waals surface area contributed by atoms with Crippen molar-refractivity contribution in [3.05, 3.63) is 23.3 Å².